The number of carbonyl (C=O) groups excluding carboxylic acids is 1. The summed E-state index contributed by atoms with van der Waals surface area (Å²) in [5, 5.41) is 0. The van der Waals surface area contributed by atoms with Crippen molar-refractivity contribution in [2.45, 2.75) is 13.8 Å². The van der Waals surface area contributed by atoms with Gasteiger partial charge in [0.25, 0.3) is 0 Å². The van der Waals surface area contributed by atoms with Crippen LogP contribution in [0.5, 0.6) is 0 Å². The van der Waals surface area contributed by atoms with E-state index in [1.54, 1.807) is 17.1 Å². The number of aryl methyl sites for hydroxylation is 1. The molecule has 13 heavy (non-hydrogen) atoms. The van der Waals surface area contributed by atoms with Gasteiger partial charge in [-0.25, -0.2) is 9.97 Å². The molecule has 0 unspecified atom stereocenters. The van der Waals surface area contributed by atoms with Crippen LogP contribution in [0.2, 0.25) is 0 Å². The van der Waals surface area contributed by atoms with Crippen LogP contribution in [0.3, 0.4) is 0 Å². The largest absolute Gasteiger partial charge is 0.293 e. The molecule has 0 aliphatic heterocycles. The average molecular weight is 175 g/mol. The number of nitrogens with zero attached hydrogens (tertiary/aromatic N) is 3. The summed E-state index contributed by atoms with van der Waals surface area (Å²) in [6.07, 6.45) is 3.25. The van der Waals surface area contributed by atoms with Crippen LogP contribution in [0, 0.1) is 6.92 Å². The van der Waals surface area contributed by atoms with Gasteiger partial charge in [-0.3, -0.25) is 9.20 Å². The predicted molar refractivity (Wildman–Crippen MR) is 47.7 cm³/mol. The van der Waals surface area contributed by atoms with E-state index in [-0.39, 0.29) is 5.78 Å². The van der Waals surface area contributed by atoms with Crippen LogP contribution in [0.4, 0.5) is 0 Å². The summed E-state index contributed by atoms with van der Waals surface area (Å²) in [6.45, 7) is 3.40. The number of fused-ring (bicyclic) bond motifs is 1. The van der Waals surface area contributed by atoms with E-state index in [2.05, 4.69) is 9.97 Å². The van der Waals surface area contributed by atoms with Gasteiger partial charge in [0, 0.05) is 12.6 Å². The van der Waals surface area contributed by atoms with Crippen molar-refractivity contribution < 1.29 is 4.79 Å². The molecule has 0 aromatic carbocycles. The minimum atomic E-state index is -0.0203. The first-order valence-electron chi connectivity index (χ1n) is 3.99. The van der Waals surface area contributed by atoms with Gasteiger partial charge in [0.2, 0.25) is 0 Å². The highest BCUT2D eigenvalue weighted by molar-refractivity contribution is 5.98. The Labute approximate surface area is 75.2 Å². The summed E-state index contributed by atoms with van der Waals surface area (Å²) in [7, 11) is 0. The van der Waals surface area contributed by atoms with Gasteiger partial charge in [-0.05, 0) is 13.0 Å². The molecule has 4 heteroatoms. The predicted octanol–water partition coefficient (Wildman–Crippen LogP) is 1.24. The van der Waals surface area contributed by atoms with E-state index in [4.69, 9.17) is 0 Å². The Morgan fingerprint density at radius 2 is 2.08 bits per heavy atom. The second kappa shape index (κ2) is 2.65. The summed E-state index contributed by atoms with van der Waals surface area (Å²) >= 11 is 0. The number of rotatable bonds is 1. The zero-order chi connectivity index (χ0) is 9.42. The molecule has 0 aliphatic rings. The van der Waals surface area contributed by atoms with E-state index in [1.807, 2.05) is 13.0 Å². The normalized spacial score (nSPS) is 10.6. The first-order chi connectivity index (χ1) is 6.18. The van der Waals surface area contributed by atoms with Crippen molar-refractivity contribution in [3.05, 3.63) is 30.1 Å². The molecule has 0 aliphatic carbocycles. The second-order valence-electron chi connectivity index (χ2n) is 2.97. The van der Waals surface area contributed by atoms with Crippen LogP contribution < -0.4 is 0 Å². The molecular weight excluding hydrogens is 166 g/mol. The standard InChI is InChI=1S/C9H9N3O/c1-6-3-8-9(7(2)13)11-5-12(8)4-10-6/h3-5H,1-2H3. The molecule has 66 valence electrons. The maximum absolute atomic E-state index is 11.1. The number of carbonyl (C=O) groups is 1. The highest BCUT2D eigenvalue weighted by Crippen LogP contribution is 2.09. The van der Waals surface area contributed by atoms with Crippen LogP contribution >= 0.6 is 0 Å². The minimum absolute atomic E-state index is 0.0203. The van der Waals surface area contributed by atoms with Gasteiger partial charge in [0.1, 0.15) is 18.3 Å². The lowest BCUT2D eigenvalue weighted by Crippen LogP contribution is -1.94. The SMILES string of the molecule is CC(=O)c1ncn2cnc(C)cc12. The van der Waals surface area contributed by atoms with Crippen LogP contribution in [-0.2, 0) is 0 Å². The van der Waals surface area contributed by atoms with Gasteiger partial charge < -0.3 is 0 Å². The van der Waals surface area contributed by atoms with E-state index < -0.39 is 0 Å². The van der Waals surface area contributed by atoms with Crippen molar-refractivity contribution in [1.82, 2.24) is 14.4 Å². The third kappa shape index (κ3) is 1.20. The molecule has 0 N–H and O–H groups in total. The van der Waals surface area contributed by atoms with E-state index in [9.17, 15) is 4.79 Å². The van der Waals surface area contributed by atoms with Gasteiger partial charge in [-0.1, -0.05) is 0 Å². The maximum atomic E-state index is 11.1. The summed E-state index contributed by atoms with van der Waals surface area (Å²) in [6, 6.07) is 1.85. The van der Waals surface area contributed by atoms with Crippen molar-refractivity contribution in [2.75, 3.05) is 0 Å². The molecule has 4 nitrogen and oxygen atoms in total. The van der Waals surface area contributed by atoms with Gasteiger partial charge in [0.15, 0.2) is 5.78 Å². The van der Waals surface area contributed by atoms with E-state index >= 15 is 0 Å². The molecule has 0 fully saturated rings. The van der Waals surface area contributed by atoms with E-state index in [0.29, 0.717) is 5.69 Å². The van der Waals surface area contributed by atoms with Crippen molar-refractivity contribution in [1.29, 1.82) is 0 Å². The summed E-state index contributed by atoms with van der Waals surface area (Å²) in [5.74, 6) is -0.0203. The molecule has 2 aromatic heterocycles. The van der Waals surface area contributed by atoms with E-state index in [1.165, 1.54) is 6.92 Å². The molecule has 0 atom stereocenters. The molecule has 0 bridgehead atoms. The van der Waals surface area contributed by atoms with Gasteiger partial charge >= 0.3 is 0 Å². The lowest BCUT2D eigenvalue weighted by atomic mass is 10.2. The molecule has 2 rings (SSSR count). The first kappa shape index (κ1) is 7.91. The fraction of sp³-hybridized carbons (Fsp3) is 0.222. The Bertz CT molecular complexity index is 473. The zero-order valence-corrected chi connectivity index (χ0v) is 7.48. The zero-order valence-electron chi connectivity index (χ0n) is 7.48. The van der Waals surface area contributed by atoms with Gasteiger partial charge in [0.05, 0.1) is 5.52 Å². The molecule has 0 radical (unpaired) electrons. The molecular formula is C9H9N3O. The molecule has 0 spiro atoms. The number of Topliss-reactive ketones (excluding diaryl/α,β-unsaturated/α-hetero) is 1. The van der Waals surface area contributed by atoms with Crippen molar-refractivity contribution in [2.24, 2.45) is 0 Å². The van der Waals surface area contributed by atoms with Gasteiger partial charge in [-0.15, -0.1) is 0 Å². The molecule has 2 heterocycles. The number of hydrogen-bond donors (Lipinski definition) is 0. The fourth-order valence-corrected chi connectivity index (χ4v) is 1.27. The highest BCUT2D eigenvalue weighted by Gasteiger charge is 2.08. The Morgan fingerprint density at radius 1 is 1.38 bits per heavy atom. The number of imidazole rings is 1. The Hall–Kier alpha value is -1.71. The summed E-state index contributed by atoms with van der Waals surface area (Å²) < 4.78 is 1.74. The minimum Gasteiger partial charge on any atom is -0.293 e. The number of aromatic nitrogens is 3. The van der Waals surface area contributed by atoms with Crippen LogP contribution in [0.25, 0.3) is 5.52 Å². The highest BCUT2D eigenvalue weighted by atomic mass is 16.1. The smallest absolute Gasteiger partial charge is 0.180 e. The molecule has 0 saturated carbocycles. The molecule has 0 saturated heterocycles. The lowest BCUT2D eigenvalue weighted by molar-refractivity contribution is 0.101. The van der Waals surface area contributed by atoms with Crippen LogP contribution in [-0.4, -0.2) is 20.2 Å². The third-order valence-electron chi connectivity index (χ3n) is 1.90. The van der Waals surface area contributed by atoms with Crippen molar-refractivity contribution in [3.63, 3.8) is 0 Å². The maximum Gasteiger partial charge on any atom is 0.180 e. The Morgan fingerprint density at radius 3 is 2.77 bits per heavy atom. The number of hydrogen-bond acceptors (Lipinski definition) is 3. The van der Waals surface area contributed by atoms with Crippen LogP contribution in [0.15, 0.2) is 18.7 Å². The van der Waals surface area contributed by atoms with Crippen molar-refractivity contribution in [3.8, 4) is 0 Å². The Kier molecular flexibility index (Phi) is 1.62. The van der Waals surface area contributed by atoms with E-state index in [0.717, 1.165) is 11.2 Å². The first-order valence-corrected chi connectivity index (χ1v) is 3.99. The Balaban J connectivity index is 2.79. The number of ketones is 1. The summed E-state index contributed by atoms with van der Waals surface area (Å²) in [4.78, 5) is 19.2. The quantitative estimate of drug-likeness (QED) is 0.612. The fourth-order valence-electron chi connectivity index (χ4n) is 1.27. The molecule has 2 aromatic rings. The van der Waals surface area contributed by atoms with Crippen LogP contribution in [0.1, 0.15) is 23.1 Å². The molecule has 0 amide bonds. The monoisotopic (exact) mass is 175 g/mol. The second-order valence-corrected chi connectivity index (χ2v) is 2.97. The third-order valence-corrected chi connectivity index (χ3v) is 1.90. The van der Waals surface area contributed by atoms with Crippen molar-refractivity contribution >= 4 is 11.3 Å². The van der Waals surface area contributed by atoms with Gasteiger partial charge in [-0.2, -0.15) is 0 Å². The lowest BCUT2D eigenvalue weighted by Gasteiger charge is -1.95. The topological polar surface area (TPSA) is 47.3 Å². The summed E-state index contributed by atoms with van der Waals surface area (Å²) in [5.41, 5.74) is 2.21. The average Bonchev–Trinajstić information content (AvgIpc) is 2.46.